The third-order valence-corrected chi connectivity index (χ3v) is 4.95. The Balaban J connectivity index is 1.61. The Bertz CT molecular complexity index is 629. The van der Waals surface area contributed by atoms with Crippen LogP contribution in [0.1, 0.15) is 28.8 Å². The van der Waals surface area contributed by atoms with E-state index in [1.54, 1.807) is 24.3 Å². The van der Waals surface area contributed by atoms with E-state index >= 15 is 0 Å². The molecule has 122 valence electrons. The van der Waals surface area contributed by atoms with E-state index in [2.05, 4.69) is 5.32 Å². The minimum Gasteiger partial charge on any atom is -0.350 e. The number of benzene rings is 1. The molecule has 1 saturated heterocycles. The second-order valence-corrected chi connectivity index (χ2v) is 6.87. The monoisotopic (exact) mass is 333 g/mol. The molecule has 2 aliphatic rings. The SMILES string of the molecule is NC(CNC(=O)c1cccc(CN2C(=O)CSC2=O)c1)C1CC1. The van der Waals surface area contributed by atoms with Crippen LogP contribution >= 0.6 is 11.8 Å². The first-order chi connectivity index (χ1) is 11.0. The molecule has 1 atom stereocenters. The fourth-order valence-electron chi connectivity index (χ4n) is 2.53. The van der Waals surface area contributed by atoms with E-state index in [1.165, 1.54) is 4.90 Å². The largest absolute Gasteiger partial charge is 0.350 e. The van der Waals surface area contributed by atoms with Crippen LogP contribution in [0.3, 0.4) is 0 Å². The minimum absolute atomic E-state index is 0.0130. The summed E-state index contributed by atoms with van der Waals surface area (Å²) in [5.41, 5.74) is 7.25. The number of thioether (sulfide) groups is 1. The molecule has 6 nitrogen and oxygen atoms in total. The molecule has 1 aliphatic carbocycles. The molecule has 1 aliphatic heterocycles. The van der Waals surface area contributed by atoms with E-state index in [4.69, 9.17) is 5.73 Å². The van der Waals surface area contributed by atoms with Gasteiger partial charge >= 0.3 is 0 Å². The minimum atomic E-state index is -0.236. The second kappa shape index (κ2) is 6.72. The quantitative estimate of drug-likeness (QED) is 0.820. The van der Waals surface area contributed by atoms with Crippen LogP contribution in [0, 0.1) is 5.92 Å². The predicted octanol–water partition coefficient (Wildman–Crippen LogP) is 1.35. The molecule has 0 bridgehead atoms. The van der Waals surface area contributed by atoms with Crippen LogP contribution < -0.4 is 11.1 Å². The number of amides is 3. The molecule has 1 aromatic rings. The molecular formula is C16H19N3O3S. The molecule has 3 rings (SSSR count). The van der Waals surface area contributed by atoms with Crippen LogP contribution in [0.5, 0.6) is 0 Å². The molecule has 1 unspecified atom stereocenters. The van der Waals surface area contributed by atoms with E-state index in [0.29, 0.717) is 18.0 Å². The molecule has 2 fully saturated rings. The molecule has 3 N–H and O–H groups in total. The zero-order chi connectivity index (χ0) is 16.4. The van der Waals surface area contributed by atoms with Crippen molar-refractivity contribution >= 4 is 28.8 Å². The number of hydrogen-bond acceptors (Lipinski definition) is 5. The van der Waals surface area contributed by atoms with Gasteiger partial charge in [0.2, 0.25) is 5.91 Å². The fraction of sp³-hybridized carbons (Fsp3) is 0.438. The van der Waals surface area contributed by atoms with Gasteiger partial charge in [0.1, 0.15) is 0 Å². The lowest BCUT2D eigenvalue weighted by atomic mass is 10.1. The van der Waals surface area contributed by atoms with Gasteiger partial charge in [-0.2, -0.15) is 0 Å². The summed E-state index contributed by atoms with van der Waals surface area (Å²) in [5, 5.41) is 2.61. The van der Waals surface area contributed by atoms with Gasteiger partial charge in [-0.25, -0.2) is 0 Å². The maximum absolute atomic E-state index is 12.2. The van der Waals surface area contributed by atoms with Gasteiger partial charge in [-0.15, -0.1) is 0 Å². The van der Waals surface area contributed by atoms with Crippen molar-refractivity contribution in [2.75, 3.05) is 12.3 Å². The van der Waals surface area contributed by atoms with Crippen LogP contribution in [0.15, 0.2) is 24.3 Å². The van der Waals surface area contributed by atoms with Crippen molar-refractivity contribution in [1.29, 1.82) is 0 Å². The molecule has 3 amide bonds. The Morgan fingerprint density at radius 2 is 2.17 bits per heavy atom. The molecule has 1 aromatic carbocycles. The Labute approximate surface area is 138 Å². The molecule has 23 heavy (non-hydrogen) atoms. The van der Waals surface area contributed by atoms with Crippen LogP contribution in [-0.2, 0) is 11.3 Å². The predicted molar refractivity (Wildman–Crippen MR) is 87.9 cm³/mol. The molecule has 0 aromatic heterocycles. The van der Waals surface area contributed by atoms with Crippen LogP contribution in [0.4, 0.5) is 4.79 Å². The highest BCUT2D eigenvalue weighted by Crippen LogP contribution is 2.31. The highest BCUT2D eigenvalue weighted by Gasteiger charge is 2.30. The number of imide groups is 1. The van der Waals surface area contributed by atoms with Gasteiger partial charge in [0.15, 0.2) is 0 Å². The first-order valence-electron chi connectivity index (χ1n) is 7.64. The van der Waals surface area contributed by atoms with Crippen molar-refractivity contribution in [3.63, 3.8) is 0 Å². The average molecular weight is 333 g/mol. The average Bonchev–Trinajstić information content (AvgIpc) is 3.35. The zero-order valence-electron chi connectivity index (χ0n) is 12.7. The van der Waals surface area contributed by atoms with Gasteiger partial charge in [0.25, 0.3) is 11.1 Å². The number of nitrogens with zero attached hydrogens (tertiary/aromatic N) is 1. The van der Waals surface area contributed by atoms with E-state index in [9.17, 15) is 14.4 Å². The summed E-state index contributed by atoms with van der Waals surface area (Å²) < 4.78 is 0. The van der Waals surface area contributed by atoms with E-state index in [0.717, 1.165) is 30.2 Å². The Hall–Kier alpha value is -1.86. The summed E-state index contributed by atoms with van der Waals surface area (Å²) in [6.07, 6.45) is 2.28. The summed E-state index contributed by atoms with van der Waals surface area (Å²) in [6.45, 7) is 0.667. The molecular weight excluding hydrogens is 314 g/mol. The normalized spacial score (nSPS) is 19.1. The Kier molecular flexibility index (Phi) is 4.68. The lowest BCUT2D eigenvalue weighted by Crippen LogP contribution is -2.38. The number of rotatable bonds is 6. The Morgan fingerprint density at radius 1 is 1.39 bits per heavy atom. The maximum Gasteiger partial charge on any atom is 0.289 e. The van der Waals surface area contributed by atoms with Crippen LogP contribution in [0.25, 0.3) is 0 Å². The number of nitrogens with two attached hydrogens (primary N) is 1. The van der Waals surface area contributed by atoms with Crippen molar-refractivity contribution < 1.29 is 14.4 Å². The number of nitrogens with one attached hydrogen (secondary N) is 1. The highest BCUT2D eigenvalue weighted by atomic mass is 32.2. The number of carbonyl (C=O) groups excluding carboxylic acids is 3. The molecule has 1 saturated carbocycles. The van der Waals surface area contributed by atoms with Crippen molar-refractivity contribution in [2.24, 2.45) is 11.7 Å². The standard InChI is InChI=1S/C16H19N3O3S/c17-13(11-4-5-11)7-18-15(21)12-3-1-2-10(6-12)8-19-14(20)9-23-16(19)22/h1-3,6,11,13H,4-5,7-9,17H2,(H,18,21). The van der Waals surface area contributed by atoms with E-state index in [1.807, 2.05) is 0 Å². The molecule has 0 radical (unpaired) electrons. The molecule has 0 spiro atoms. The van der Waals surface area contributed by atoms with Gasteiger partial charge in [0, 0.05) is 18.2 Å². The third-order valence-electron chi connectivity index (χ3n) is 4.10. The van der Waals surface area contributed by atoms with Crippen molar-refractivity contribution in [3.05, 3.63) is 35.4 Å². The summed E-state index contributed by atoms with van der Waals surface area (Å²) >= 11 is 1.01. The van der Waals surface area contributed by atoms with Crippen molar-refractivity contribution in [2.45, 2.75) is 25.4 Å². The first kappa shape index (κ1) is 16.0. The van der Waals surface area contributed by atoms with Gasteiger partial charge in [0.05, 0.1) is 12.3 Å². The fourth-order valence-corrected chi connectivity index (χ4v) is 3.26. The third kappa shape index (κ3) is 3.92. The topological polar surface area (TPSA) is 92.5 Å². The van der Waals surface area contributed by atoms with Gasteiger partial charge in [-0.3, -0.25) is 19.3 Å². The van der Waals surface area contributed by atoms with Crippen molar-refractivity contribution in [1.82, 2.24) is 10.2 Å². The smallest absolute Gasteiger partial charge is 0.289 e. The lowest BCUT2D eigenvalue weighted by molar-refractivity contribution is -0.125. The lowest BCUT2D eigenvalue weighted by Gasteiger charge is -2.14. The van der Waals surface area contributed by atoms with Gasteiger partial charge in [-0.05, 0) is 36.5 Å². The summed E-state index contributed by atoms with van der Waals surface area (Å²) in [4.78, 5) is 36.7. The molecule has 1 heterocycles. The summed E-state index contributed by atoms with van der Waals surface area (Å²) in [5.74, 6) is 0.353. The second-order valence-electron chi connectivity index (χ2n) is 5.95. The summed E-state index contributed by atoms with van der Waals surface area (Å²) in [7, 11) is 0. The molecule has 7 heteroatoms. The maximum atomic E-state index is 12.2. The first-order valence-corrected chi connectivity index (χ1v) is 8.63. The highest BCUT2D eigenvalue weighted by molar-refractivity contribution is 8.14. The van der Waals surface area contributed by atoms with Gasteiger partial charge in [-0.1, -0.05) is 23.9 Å². The van der Waals surface area contributed by atoms with Crippen LogP contribution in [-0.4, -0.2) is 40.3 Å². The van der Waals surface area contributed by atoms with E-state index in [-0.39, 0.29) is 35.4 Å². The van der Waals surface area contributed by atoms with Crippen molar-refractivity contribution in [3.8, 4) is 0 Å². The van der Waals surface area contributed by atoms with Gasteiger partial charge < -0.3 is 11.1 Å². The Morgan fingerprint density at radius 3 is 2.83 bits per heavy atom. The summed E-state index contributed by atoms with van der Waals surface area (Å²) in [6, 6.07) is 6.99. The van der Waals surface area contributed by atoms with Crippen LogP contribution in [0.2, 0.25) is 0 Å². The van der Waals surface area contributed by atoms with E-state index < -0.39 is 0 Å². The number of hydrogen-bond donors (Lipinski definition) is 2. The zero-order valence-corrected chi connectivity index (χ0v) is 13.5. The number of carbonyl (C=O) groups is 3.